The van der Waals surface area contributed by atoms with Crippen molar-refractivity contribution in [3.8, 4) is 0 Å². The first-order valence-corrected chi connectivity index (χ1v) is 4.60. The van der Waals surface area contributed by atoms with Crippen LogP contribution in [0.2, 0.25) is 0 Å². The van der Waals surface area contributed by atoms with Crippen LogP contribution in [-0.4, -0.2) is 13.3 Å². The van der Waals surface area contributed by atoms with Crippen molar-refractivity contribution in [3.05, 3.63) is 0 Å². The van der Waals surface area contributed by atoms with Crippen molar-refractivity contribution in [1.29, 1.82) is 0 Å². The van der Waals surface area contributed by atoms with Crippen molar-refractivity contribution in [2.45, 2.75) is 33.6 Å². The first-order chi connectivity index (χ1) is 5.48. The zero-order valence-electron chi connectivity index (χ0n) is 8.16. The minimum absolute atomic E-state index is 0.179. The van der Waals surface area contributed by atoms with Crippen LogP contribution in [0.4, 0.5) is 8.78 Å². The van der Waals surface area contributed by atoms with Gasteiger partial charge in [0.1, 0.15) is 0 Å². The van der Waals surface area contributed by atoms with Gasteiger partial charge < -0.3 is 0 Å². The minimum Gasteiger partial charge on any atom is -0.250 e. The maximum atomic E-state index is 12.5. The summed E-state index contributed by atoms with van der Waals surface area (Å²) in [7, 11) is 0. The van der Waals surface area contributed by atoms with Crippen LogP contribution in [0.3, 0.4) is 0 Å². The lowest BCUT2D eigenvalue weighted by Crippen LogP contribution is -2.50. The molecule has 0 unspecified atom stereocenters. The molecule has 0 aliphatic heterocycles. The van der Waals surface area contributed by atoms with Crippen molar-refractivity contribution >= 4 is 0 Å². The Kier molecular flexibility index (Phi) is 2.46. The second kappa shape index (κ2) is 2.97. The molecule has 1 saturated carbocycles. The molecule has 0 amide bonds. The van der Waals surface area contributed by atoms with Crippen LogP contribution < -0.4 is 0 Å². The molecular weight excluding hydrogens is 158 g/mol. The lowest BCUT2D eigenvalue weighted by molar-refractivity contribution is -0.0868. The van der Waals surface area contributed by atoms with Gasteiger partial charge in [0.15, 0.2) is 0 Å². The normalized spacial score (nSPS) is 25.5. The molecule has 0 heterocycles. The van der Waals surface area contributed by atoms with E-state index in [1.54, 1.807) is 0 Å². The van der Waals surface area contributed by atoms with E-state index in [2.05, 4.69) is 20.8 Å². The van der Waals surface area contributed by atoms with Crippen LogP contribution in [0.1, 0.15) is 33.6 Å². The van der Waals surface area contributed by atoms with Crippen LogP contribution in [0.15, 0.2) is 0 Å². The zero-order chi connectivity index (χ0) is 9.41. The summed E-state index contributed by atoms with van der Waals surface area (Å²) in [5.74, 6) is 0.531. The largest absolute Gasteiger partial charge is 0.250 e. The Bertz CT molecular complexity index is 149. The predicted molar refractivity (Wildman–Crippen MR) is 46.6 cm³/mol. The van der Waals surface area contributed by atoms with Crippen LogP contribution in [0, 0.1) is 16.7 Å². The molecule has 0 saturated heterocycles. The lowest BCUT2D eigenvalue weighted by atomic mass is 9.51. The molecule has 0 radical (unpaired) electrons. The summed E-state index contributed by atoms with van der Waals surface area (Å²) < 4.78 is 24.9. The van der Waals surface area contributed by atoms with Crippen molar-refractivity contribution in [1.82, 2.24) is 0 Å². The fourth-order valence-corrected chi connectivity index (χ4v) is 2.29. The summed E-state index contributed by atoms with van der Waals surface area (Å²) >= 11 is 0. The number of alkyl halides is 2. The highest BCUT2D eigenvalue weighted by Crippen LogP contribution is 2.58. The molecule has 1 aliphatic rings. The fourth-order valence-electron chi connectivity index (χ4n) is 2.29. The molecule has 0 aromatic carbocycles. The molecule has 1 fully saturated rings. The third kappa shape index (κ3) is 1.36. The molecule has 1 aliphatic carbocycles. The molecular formula is C10H18F2. The standard InChI is InChI=1S/C10H18F2/c1-8(2)9(3)4-10(5-9,6-11)7-12/h8H,4-7H2,1-3H3. The zero-order valence-corrected chi connectivity index (χ0v) is 8.16. The molecule has 0 N–H and O–H groups in total. The Morgan fingerprint density at radius 1 is 1.17 bits per heavy atom. The molecule has 0 aromatic rings. The van der Waals surface area contributed by atoms with Crippen LogP contribution in [0.5, 0.6) is 0 Å². The van der Waals surface area contributed by atoms with Crippen molar-refractivity contribution < 1.29 is 8.78 Å². The van der Waals surface area contributed by atoms with E-state index >= 15 is 0 Å². The van der Waals surface area contributed by atoms with Gasteiger partial charge in [0.25, 0.3) is 0 Å². The molecule has 0 aromatic heterocycles. The maximum Gasteiger partial charge on any atom is 0.0976 e. The summed E-state index contributed by atoms with van der Waals surface area (Å²) in [5.41, 5.74) is -0.433. The van der Waals surface area contributed by atoms with Crippen LogP contribution >= 0.6 is 0 Å². The number of hydrogen-bond acceptors (Lipinski definition) is 0. The highest BCUT2D eigenvalue weighted by Gasteiger charge is 2.53. The van der Waals surface area contributed by atoms with Gasteiger partial charge in [-0.2, -0.15) is 0 Å². The summed E-state index contributed by atoms with van der Waals surface area (Å²) in [6.45, 7) is 5.39. The summed E-state index contributed by atoms with van der Waals surface area (Å²) in [6.07, 6.45) is 1.43. The monoisotopic (exact) mass is 176 g/mol. The Morgan fingerprint density at radius 2 is 1.58 bits per heavy atom. The van der Waals surface area contributed by atoms with Gasteiger partial charge in [0.2, 0.25) is 0 Å². The first kappa shape index (κ1) is 9.94. The van der Waals surface area contributed by atoms with E-state index in [0.29, 0.717) is 18.8 Å². The highest BCUT2D eigenvalue weighted by atomic mass is 19.1. The van der Waals surface area contributed by atoms with Gasteiger partial charge in [-0.1, -0.05) is 20.8 Å². The van der Waals surface area contributed by atoms with E-state index in [0.717, 1.165) is 0 Å². The SMILES string of the molecule is CC(C)C1(C)CC(CF)(CF)C1. The predicted octanol–water partition coefficient (Wildman–Crippen LogP) is 3.37. The Hall–Kier alpha value is -0.140. The summed E-state index contributed by atoms with van der Waals surface area (Å²) in [4.78, 5) is 0. The van der Waals surface area contributed by atoms with Gasteiger partial charge >= 0.3 is 0 Å². The third-order valence-corrected chi connectivity index (χ3v) is 3.52. The van der Waals surface area contributed by atoms with E-state index in [9.17, 15) is 8.78 Å². The second-order valence-electron chi connectivity index (χ2n) is 4.93. The quantitative estimate of drug-likeness (QED) is 0.618. The number of hydrogen-bond donors (Lipinski definition) is 0. The van der Waals surface area contributed by atoms with Gasteiger partial charge in [-0.3, -0.25) is 8.78 Å². The van der Waals surface area contributed by atoms with E-state index in [4.69, 9.17) is 0 Å². The molecule has 0 spiro atoms. The minimum atomic E-state index is -0.612. The first-order valence-electron chi connectivity index (χ1n) is 4.60. The van der Waals surface area contributed by atoms with Gasteiger partial charge in [0.05, 0.1) is 13.3 Å². The van der Waals surface area contributed by atoms with Crippen molar-refractivity contribution in [2.24, 2.45) is 16.7 Å². The van der Waals surface area contributed by atoms with Gasteiger partial charge in [0, 0.05) is 5.41 Å². The fraction of sp³-hybridized carbons (Fsp3) is 1.00. The van der Waals surface area contributed by atoms with E-state index in [1.807, 2.05) is 0 Å². The Labute approximate surface area is 73.3 Å². The van der Waals surface area contributed by atoms with Crippen LogP contribution in [-0.2, 0) is 0 Å². The topological polar surface area (TPSA) is 0 Å². The van der Waals surface area contributed by atoms with Crippen molar-refractivity contribution in [2.75, 3.05) is 13.3 Å². The summed E-state index contributed by atoms with van der Waals surface area (Å²) in [6, 6.07) is 0. The maximum absolute atomic E-state index is 12.5. The Morgan fingerprint density at radius 3 is 1.83 bits per heavy atom. The molecule has 0 bridgehead atoms. The average molecular weight is 176 g/mol. The highest BCUT2D eigenvalue weighted by molar-refractivity contribution is 5.01. The molecule has 1 rings (SSSR count). The smallest absolute Gasteiger partial charge is 0.0976 e. The summed E-state index contributed by atoms with van der Waals surface area (Å²) in [5, 5.41) is 0. The second-order valence-corrected chi connectivity index (χ2v) is 4.93. The van der Waals surface area contributed by atoms with Crippen LogP contribution in [0.25, 0.3) is 0 Å². The van der Waals surface area contributed by atoms with E-state index in [1.165, 1.54) is 0 Å². The van der Waals surface area contributed by atoms with Gasteiger partial charge in [-0.25, -0.2) is 0 Å². The van der Waals surface area contributed by atoms with E-state index < -0.39 is 18.8 Å². The average Bonchev–Trinajstić information content (AvgIpc) is 1.98. The van der Waals surface area contributed by atoms with E-state index in [-0.39, 0.29) is 5.41 Å². The molecule has 12 heavy (non-hydrogen) atoms. The number of rotatable bonds is 3. The molecule has 72 valence electrons. The Balaban J connectivity index is 2.54. The van der Waals surface area contributed by atoms with Gasteiger partial charge in [-0.05, 0) is 24.2 Å². The molecule has 0 atom stereocenters. The lowest BCUT2D eigenvalue weighted by Gasteiger charge is -2.54. The van der Waals surface area contributed by atoms with Gasteiger partial charge in [-0.15, -0.1) is 0 Å². The number of halogens is 2. The third-order valence-electron chi connectivity index (χ3n) is 3.52. The van der Waals surface area contributed by atoms with Crippen molar-refractivity contribution in [3.63, 3.8) is 0 Å². The molecule has 0 nitrogen and oxygen atoms in total. The molecule has 2 heteroatoms.